The fraction of sp³-hybridized carbons (Fsp3) is 0.682. The molecule has 5 N–H and O–H groups in total. The van der Waals surface area contributed by atoms with Crippen LogP contribution in [0.25, 0.3) is 10.7 Å². The maximum atomic E-state index is 17.0. The van der Waals surface area contributed by atoms with Crippen molar-refractivity contribution >= 4 is 40.5 Å². The largest absolute Gasteiger partial charge is 0.457 e. The van der Waals surface area contributed by atoms with Gasteiger partial charge in [0.25, 0.3) is 5.67 Å². The summed E-state index contributed by atoms with van der Waals surface area (Å²) < 4.78 is 48.9. The van der Waals surface area contributed by atoms with Gasteiger partial charge in [-0.1, -0.05) is 38.9 Å². The molecular weight excluding hydrogens is 840 g/mol. The third-order valence-corrected chi connectivity index (χ3v) is 13.1. The second-order valence-corrected chi connectivity index (χ2v) is 18.6. The first-order chi connectivity index (χ1) is 29.5. The molecule has 12 atom stereocenters. The number of likely N-dealkylation sites (N-methyl/N-ethyl adjacent to an activating group) is 1. The van der Waals surface area contributed by atoms with Gasteiger partial charge >= 0.3 is 5.97 Å². The van der Waals surface area contributed by atoms with Crippen molar-refractivity contribution in [1.82, 2.24) is 20.2 Å². The number of pyridine rings is 1. The van der Waals surface area contributed by atoms with E-state index in [2.05, 4.69) is 20.4 Å². The zero-order valence-corrected chi connectivity index (χ0v) is 39.0. The molecule has 3 aliphatic heterocycles. The summed E-state index contributed by atoms with van der Waals surface area (Å²) in [6.45, 7) is 13.3. The summed E-state index contributed by atoms with van der Waals surface area (Å²) in [5.41, 5.74) is 1.10. The summed E-state index contributed by atoms with van der Waals surface area (Å²) in [4.78, 5) is 58.3. The molecule has 1 fully saturated rings. The molecule has 3 aliphatic rings. The number of aliphatic hydroxyl groups is 2. The number of ketones is 1. The van der Waals surface area contributed by atoms with Gasteiger partial charge in [0, 0.05) is 29.5 Å². The number of hydrogen-bond acceptors (Lipinski definition) is 17. The number of nitrogens with zero attached hydrogens (tertiary/aromatic N) is 4. The van der Waals surface area contributed by atoms with Crippen LogP contribution in [0.4, 0.5) is 10.2 Å². The predicted molar refractivity (Wildman–Crippen MR) is 233 cm³/mol. The van der Waals surface area contributed by atoms with Crippen LogP contribution in [0.1, 0.15) is 93.7 Å². The molecule has 2 aromatic rings. The highest BCUT2D eigenvalue weighted by Crippen LogP contribution is 2.41. The molecule has 5 heterocycles. The Balaban J connectivity index is 1.67. The number of allylic oxidation sites excluding steroid dienone is 1. The number of esters is 1. The molecule has 2 aromatic heterocycles. The number of rotatable bonds is 10. The molecule has 0 spiro atoms. The van der Waals surface area contributed by atoms with Crippen molar-refractivity contribution in [2.45, 2.75) is 154 Å². The van der Waals surface area contributed by atoms with Gasteiger partial charge in [-0.25, -0.2) is 19.2 Å². The second-order valence-electron chi connectivity index (χ2n) is 17.7. The zero-order valence-electron chi connectivity index (χ0n) is 38.2. The number of carbonyl (C=O) groups is 3. The van der Waals surface area contributed by atoms with Gasteiger partial charge in [0.1, 0.15) is 46.1 Å². The summed E-state index contributed by atoms with van der Waals surface area (Å²) in [5.74, 6) is -4.74. The van der Waals surface area contributed by atoms with Crippen LogP contribution in [-0.2, 0) is 49.5 Å². The van der Waals surface area contributed by atoms with Gasteiger partial charge in [0.05, 0.1) is 36.7 Å². The Morgan fingerprint density at radius 3 is 2.51 bits per heavy atom. The van der Waals surface area contributed by atoms with Crippen LogP contribution < -0.4 is 11.1 Å². The minimum atomic E-state index is -3.23. The van der Waals surface area contributed by atoms with Crippen LogP contribution in [0, 0.1) is 11.8 Å². The Morgan fingerprint density at radius 2 is 1.86 bits per heavy atom. The fourth-order valence-electron chi connectivity index (χ4n) is 8.74. The van der Waals surface area contributed by atoms with E-state index in [0.29, 0.717) is 39.9 Å². The van der Waals surface area contributed by atoms with Gasteiger partial charge in [-0.3, -0.25) is 9.59 Å². The molecule has 5 rings (SSSR count). The number of aliphatic hydroxyl groups excluding tert-OH is 1. The SMILES string of the molecule is CCC(=O)NC1=C(C)[C@H]2OCC(=NOCc3csc(-c4cccc(N)n4)n3)CO[C@](C)(C[C@H]1C)[C@H](O[C@@H]1O[C@H](C)C[C@H](N(C)C)[C@H]1O)[C@@H](C)C(=O)[C@](C)(F)C(=O)O[C@H](CC)[C@@]2(C)O. The van der Waals surface area contributed by atoms with Gasteiger partial charge in [-0.2, -0.15) is 0 Å². The predicted octanol–water partition coefficient (Wildman–Crippen LogP) is 4.49. The molecular formula is C44H65FN6O11S. The lowest BCUT2D eigenvalue weighted by atomic mass is 9.76. The van der Waals surface area contributed by atoms with E-state index in [1.54, 1.807) is 51.3 Å². The van der Waals surface area contributed by atoms with Crippen LogP contribution in [0.2, 0.25) is 0 Å². The average molecular weight is 905 g/mol. The van der Waals surface area contributed by atoms with Crippen LogP contribution in [0.5, 0.6) is 0 Å². The molecule has 0 aliphatic carbocycles. The van der Waals surface area contributed by atoms with E-state index in [1.807, 2.05) is 32.8 Å². The van der Waals surface area contributed by atoms with Crippen molar-refractivity contribution in [2.24, 2.45) is 17.0 Å². The molecule has 0 saturated carbocycles. The highest BCUT2D eigenvalue weighted by Gasteiger charge is 2.56. The van der Waals surface area contributed by atoms with E-state index in [0.717, 1.165) is 6.92 Å². The summed E-state index contributed by atoms with van der Waals surface area (Å²) in [6, 6.07) is 4.85. The number of ether oxygens (including phenoxy) is 5. The average Bonchev–Trinajstić information content (AvgIpc) is 3.70. The lowest BCUT2D eigenvalue weighted by molar-refractivity contribution is -0.296. The van der Waals surface area contributed by atoms with E-state index >= 15 is 4.39 Å². The smallest absolute Gasteiger partial charge is 0.351 e. The van der Waals surface area contributed by atoms with Crippen molar-refractivity contribution in [3.63, 3.8) is 0 Å². The molecule has 0 unspecified atom stereocenters. The maximum Gasteiger partial charge on any atom is 0.351 e. The molecule has 1 saturated heterocycles. The van der Waals surface area contributed by atoms with Crippen molar-refractivity contribution in [3.05, 3.63) is 40.5 Å². The zero-order chi connectivity index (χ0) is 46.6. The number of cyclic esters (lactones) is 1. The number of thiazole rings is 1. The van der Waals surface area contributed by atoms with Crippen molar-refractivity contribution in [2.75, 3.05) is 33.0 Å². The third-order valence-electron chi connectivity index (χ3n) is 12.2. The minimum absolute atomic E-state index is 0.00865. The third kappa shape index (κ3) is 11.3. The van der Waals surface area contributed by atoms with Gasteiger partial charge in [0.15, 0.2) is 18.7 Å². The van der Waals surface area contributed by atoms with E-state index < -0.39 is 83.3 Å². The lowest BCUT2D eigenvalue weighted by Crippen LogP contribution is -2.61. The Kier molecular flexibility index (Phi) is 16.3. The number of alkyl halides is 1. The number of halogens is 1. The molecule has 17 nitrogen and oxygen atoms in total. The normalized spacial score (nSPS) is 35.7. The Labute approximate surface area is 372 Å². The van der Waals surface area contributed by atoms with E-state index in [9.17, 15) is 24.6 Å². The second kappa shape index (κ2) is 20.5. The number of aromatic nitrogens is 2. The Morgan fingerprint density at radius 1 is 1.14 bits per heavy atom. The van der Waals surface area contributed by atoms with E-state index in [4.69, 9.17) is 34.3 Å². The number of amides is 1. The van der Waals surface area contributed by atoms with Gasteiger partial charge in [-0.15, -0.1) is 11.3 Å². The summed E-state index contributed by atoms with van der Waals surface area (Å²) in [6.07, 6.45) is -6.48. The molecule has 63 heavy (non-hydrogen) atoms. The number of nitrogen functional groups attached to an aromatic ring is 1. The fourth-order valence-corrected chi connectivity index (χ4v) is 9.52. The van der Waals surface area contributed by atoms with Crippen molar-refractivity contribution in [1.29, 1.82) is 0 Å². The first-order valence-electron chi connectivity index (χ1n) is 21.5. The maximum absolute atomic E-state index is 17.0. The quantitative estimate of drug-likeness (QED) is 0.146. The molecule has 350 valence electrons. The standard InChI is InChI=1S/C44H65FN6O11S/c1-12-31-44(9,56)38-25(5)34(49-33(52)13-2)23(3)18-42(7,58-20-27(19-57-38)50-59-21-28-22-63-39(47-28)29-15-14-16-32(46)48-29)37(26(6)36(54)43(8,45)41(55)61-31)62-40-35(53)30(51(10)11)17-24(4)60-40/h14-16,22-24,26,30-31,35,37-38,40,53,56H,12-13,17-21H2,1-11H3,(H2,46,48)(H,49,52)/t23-,24-,26+,30+,31-,35-,37-,38-,40+,42-,43+,44-/m1/s1. The van der Waals surface area contributed by atoms with Gasteiger partial charge in [-0.05, 0) is 91.6 Å². The molecule has 0 aromatic carbocycles. The van der Waals surface area contributed by atoms with Crippen LogP contribution in [0.3, 0.4) is 0 Å². The molecule has 0 radical (unpaired) electrons. The Bertz CT molecular complexity index is 2010. The van der Waals surface area contributed by atoms with Crippen molar-refractivity contribution in [3.8, 4) is 10.7 Å². The van der Waals surface area contributed by atoms with Crippen LogP contribution in [0.15, 0.2) is 40.0 Å². The summed E-state index contributed by atoms with van der Waals surface area (Å²) in [5, 5.41) is 34.0. The number of nitrogens with one attached hydrogen (secondary N) is 1. The van der Waals surface area contributed by atoms with Gasteiger partial charge in [0.2, 0.25) is 5.91 Å². The topological polar surface area (TPSA) is 226 Å². The molecule has 19 heteroatoms. The van der Waals surface area contributed by atoms with E-state index in [-0.39, 0.29) is 50.7 Å². The highest BCUT2D eigenvalue weighted by atomic mass is 32.1. The van der Waals surface area contributed by atoms with E-state index in [1.165, 1.54) is 25.2 Å². The monoisotopic (exact) mass is 904 g/mol. The number of fused-ring (bicyclic) bond motifs is 4. The summed E-state index contributed by atoms with van der Waals surface area (Å²) >= 11 is 1.35. The number of nitrogens with two attached hydrogens (primary N) is 1. The first kappa shape index (κ1) is 50.1. The number of oxime groups is 1. The molecule has 2 bridgehead atoms. The highest BCUT2D eigenvalue weighted by molar-refractivity contribution is 7.13. The van der Waals surface area contributed by atoms with Crippen molar-refractivity contribution < 1.29 is 57.5 Å². The van der Waals surface area contributed by atoms with Crippen LogP contribution in [-0.4, -0.2) is 135 Å². The molecule has 1 amide bonds. The number of Topliss-reactive ketones (excluding diaryl/α,β-unsaturated/α-hetero) is 1. The minimum Gasteiger partial charge on any atom is -0.457 e. The Hall–Kier alpha value is -3.95. The number of hydrogen-bond donors (Lipinski definition) is 4. The number of carbonyl (C=O) groups excluding carboxylic acids is 3. The first-order valence-corrected chi connectivity index (χ1v) is 22.3. The van der Waals surface area contributed by atoms with Gasteiger partial charge < -0.3 is 54.7 Å². The number of anilines is 1. The summed E-state index contributed by atoms with van der Waals surface area (Å²) in [7, 11) is 3.63. The van der Waals surface area contributed by atoms with Crippen LogP contribution >= 0.6 is 11.3 Å². The lowest BCUT2D eigenvalue weighted by Gasteiger charge is -2.47.